The van der Waals surface area contributed by atoms with Crippen LogP contribution in [0.3, 0.4) is 0 Å². The van der Waals surface area contributed by atoms with E-state index in [4.69, 9.17) is 4.74 Å². The molecule has 1 fully saturated rings. The number of rotatable bonds is 4. The Balaban J connectivity index is 2.18. The molecule has 3 unspecified atom stereocenters. The normalized spacial score (nSPS) is 31.6. The average Bonchev–Trinajstić information content (AvgIpc) is 2.16. The van der Waals surface area contributed by atoms with Crippen molar-refractivity contribution in [3.8, 4) is 0 Å². The lowest BCUT2D eigenvalue weighted by molar-refractivity contribution is -0.0163. The average molecular weight is 249 g/mol. The molecule has 0 aromatic rings. The van der Waals surface area contributed by atoms with Crippen molar-refractivity contribution in [3.05, 3.63) is 0 Å². The van der Waals surface area contributed by atoms with Gasteiger partial charge in [0.1, 0.15) is 0 Å². The SMILES string of the molecule is CC(CBr)COC1CCCCC1C. The van der Waals surface area contributed by atoms with Crippen molar-refractivity contribution in [2.75, 3.05) is 11.9 Å². The van der Waals surface area contributed by atoms with E-state index < -0.39 is 0 Å². The third kappa shape index (κ3) is 3.99. The summed E-state index contributed by atoms with van der Waals surface area (Å²) in [4.78, 5) is 0. The highest BCUT2D eigenvalue weighted by molar-refractivity contribution is 9.09. The lowest BCUT2D eigenvalue weighted by Crippen LogP contribution is -2.27. The second-order valence-corrected chi connectivity index (χ2v) is 5.04. The molecule has 13 heavy (non-hydrogen) atoms. The van der Waals surface area contributed by atoms with Gasteiger partial charge in [0, 0.05) is 5.33 Å². The van der Waals surface area contributed by atoms with Gasteiger partial charge in [-0.1, -0.05) is 42.6 Å². The molecule has 1 rings (SSSR count). The second kappa shape index (κ2) is 6.02. The third-order valence-corrected chi connectivity index (χ3v) is 4.00. The summed E-state index contributed by atoms with van der Waals surface area (Å²) >= 11 is 3.47. The first kappa shape index (κ1) is 11.5. The Hall–Kier alpha value is 0.440. The van der Waals surface area contributed by atoms with Crippen molar-refractivity contribution >= 4 is 15.9 Å². The Bertz CT molecular complexity index is 138. The van der Waals surface area contributed by atoms with Crippen LogP contribution in [0.5, 0.6) is 0 Å². The number of hydrogen-bond acceptors (Lipinski definition) is 1. The van der Waals surface area contributed by atoms with Gasteiger partial charge in [-0.15, -0.1) is 0 Å². The van der Waals surface area contributed by atoms with Crippen molar-refractivity contribution < 1.29 is 4.74 Å². The van der Waals surface area contributed by atoms with Crippen LogP contribution < -0.4 is 0 Å². The lowest BCUT2D eigenvalue weighted by atomic mass is 9.88. The van der Waals surface area contributed by atoms with Crippen LogP contribution in [-0.2, 0) is 4.74 Å². The number of alkyl halides is 1. The van der Waals surface area contributed by atoms with Gasteiger partial charge >= 0.3 is 0 Å². The number of halogens is 1. The highest BCUT2D eigenvalue weighted by Crippen LogP contribution is 2.26. The molecule has 3 atom stereocenters. The monoisotopic (exact) mass is 248 g/mol. The van der Waals surface area contributed by atoms with Gasteiger partial charge in [0.25, 0.3) is 0 Å². The zero-order valence-corrected chi connectivity index (χ0v) is 10.3. The van der Waals surface area contributed by atoms with Crippen LogP contribution in [0.4, 0.5) is 0 Å². The van der Waals surface area contributed by atoms with Crippen LogP contribution in [0.2, 0.25) is 0 Å². The molecule has 1 aliphatic carbocycles. The molecule has 0 aromatic carbocycles. The molecule has 1 aliphatic rings. The molecule has 0 heterocycles. The maximum atomic E-state index is 5.92. The number of hydrogen-bond donors (Lipinski definition) is 0. The predicted molar refractivity (Wildman–Crippen MR) is 60.3 cm³/mol. The summed E-state index contributed by atoms with van der Waals surface area (Å²) in [7, 11) is 0. The molecule has 0 aliphatic heterocycles. The van der Waals surface area contributed by atoms with E-state index in [0.29, 0.717) is 12.0 Å². The van der Waals surface area contributed by atoms with Crippen LogP contribution >= 0.6 is 15.9 Å². The molecule has 0 aromatic heterocycles. The summed E-state index contributed by atoms with van der Waals surface area (Å²) in [5.74, 6) is 1.42. The molecule has 1 saturated carbocycles. The van der Waals surface area contributed by atoms with E-state index in [1.165, 1.54) is 25.7 Å². The summed E-state index contributed by atoms with van der Waals surface area (Å²) in [6.45, 7) is 5.46. The van der Waals surface area contributed by atoms with Crippen molar-refractivity contribution in [3.63, 3.8) is 0 Å². The van der Waals surface area contributed by atoms with E-state index in [-0.39, 0.29) is 0 Å². The van der Waals surface area contributed by atoms with Gasteiger partial charge in [0.15, 0.2) is 0 Å². The summed E-state index contributed by atoms with van der Waals surface area (Å²) in [6, 6.07) is 0. The minimum atomic E-state index is 0.537. The summed E-state index contributed by atoms with van der Waals surface area (Å²) in [5, 5.41) is 1.05. The highest BCUT2D eigenvalue weighted by Gasteiger charge is 2.21. The van der Waals surface area contributed by atoms with Crippen molar-refractivity contribution in [1.82, 2.24) is 0 Å². The quantitative estimate of drug-likeness (QED) is 0.691. The van der Waals surface area contributed by atoms with E-state index >= 15 is 0 Å². The first-order chi connectivity index (χ1) is 6.24. The Morgan fingerprint density at radius 1 is 1.38 bits per heavy atom. The van der Waals surface area contributed by atoms with Crippen molar-refractivity contribution in [2.45, 2.75) is 45.6 Å². The minimum Gasteiger partial charge on any atom is -0.378 e. The Kier molecular flexibility index (Phi) is 5.34. The second-order valence-electron chi connectivity index (χ2n) is 4.39. The van der Waals surface area contributed by atoms with Crippen molar-refractivity contribution in [2.24, 2.45) is 11.8 Å². The zero-order chi connectivity index (χ0) is 9.68. The zero-order valence-electron chi connectivity index (χ0n) is 8.76. The molecule has 0 N–H and O–H groups in total. The Morgan fingerprint density at radius 3 is 2.69 bits per heavy atom. The molecule has 78 valence electrons. The summed E-state index contributed by atoms with van der Waals surface area (Å²) < 4.78 is 5.92. The van der Waals surface area contributed by atoms with Crippen LogP contribution in [0.1, 0.15) is 39.5 Å². The smallest absolute Gasteiger partial charge is 0.0600 e. The van der Waals surface area contributed by atoms with Crippen molar-refractivity contribution in [1.29, 1.82) is 0 Å². The summed E-state index contributed by atoms with van der Waals surface area (Å²) in [5.41, 5.74) is 0. The molecule has 0 spiro atoms. The van der Waals surface area contributed by atoms with E-state index in [0.717, 1.165) is 17.9 Å². The van der Waals surface area contributed by atoms with Gasteiger partial charge in [-0.05, 0) is 24.7 Å². The van der Waals surface area contributed by atoms with Gasteiger partial charge in [-0.3, -0.25) is 0 Å². The fourth-order valence-electron chi connectivity index (χ4n) is 1.86. The highest BCUT2D eigenvalue weighted by atomic mass is 79.9. The van der Waals surface area contributed by atoms with Crippen LogP contribution in [0, 0.1) is 11.8 Å². The molecule has 0 saturated heterocycles. The van der Waals surface area contributed by atoms with E-state index in [9.17, 15) is 0 Å². The number of ether oxygens (including phenoxy) is 1. The molecular weight excluding hydrogens is 228 g/mol. The largest absolute Gasteiger partial charge is 0.378 e. The van der Waals surface area contributed by atoms with Crippen LogP contribution in [0.25, 0.3) is 0 Å². The van der Waals surface area contributed by atoms with Gasteiger partial charge in [-0.25, -0.2) is 0 Å². The molecule has 1 nitrogen and oxygen atoms in total. The standard InChI is InChI=1S/C11H21BrO/c1-9(7-12)8-13-11-6-4-3-5-10(11)2/h9-11H,3-8H2,1-2H3. The Morgan fingerprint density at radius 2 is 2.08 bits per heavy atom. The first-order valence-corrected chi connectivity index (χ1v) is 6.53. The van der Waals surface area contributed by atoms with Gasteiger partial charge in [0.05, 0.1) is 12.7 Å². The van der Waals surface area contributed by atoms with Gasteiger partial charge in [-0.2, -0.15) is 0 Å². The minimum absolute atomic E-state index is 0.537. The Labute approximate surface area is 90.4 Å². The van der Waals surface area contributed by atoms with E-state index in [1.54, 1.807) is 0 Å². The van der Waals surface area contributed by atoms with Gasteiger partial charge in [0.2, 0.25) is 0 Å². The van der Waals surface area contributed by atoms with Crippen LogP contribution in [0.15, 0.2) is 0 Å². The molecule has 0 bridgehead atoms. The molecule has 0 amide bonds. The van der Waals surface area contributed by atoms with E-state index in [1.807, 2.05) is 0 Å². The van der Waals surface area contributed by atoms with E-state index in [2.05, 4.69) is 29.8 Å². The molecule has 2 heteroatoms. The molecule has 0 radical (unpaired) electrons. The fraction of sp³-hybridized carbons (Fsp3) is 1.00. The third-order valence-electron chi connectivity index (χ3n) is 2.89. The fourth-order valence-corrected chi connectivity index (χ4v) is 2.05. The van der Waals surface area contributed by atoms with Gasteiger partial charge < -0.3 is 4.74 Å². The summed E-state index contributed by atoms with van der Waals surface area (Å²) in [6.07, 6.45) is 5.92. The predicted octanol–water partition coefficient (Wildman–Crippen LogP) is 3.61. The topological polar surface area (TPSA) is 9.23 Å². The van der Waals surface area contributed by atoms with Crippen LogP contribution in [-0.4, -0.2) is 18.0 Å². The maximum absolute atomic E-state index is 5.92. The lowest BCUT2D eigenvalue weighted by Gasteiger charge is -2.29. The molecular formula is C11H21BrO. The maximum Gasteiger partial charge on any atom is 0.0600 e. The first-order valence-electron chi connectivity index (χ1n) is 5.41.